The minimum atomic E-state index is -3.72. The van der Waals surface area contributed by atoms with Crippen LogP contribution in [0.25, 0.3) is 0 Å². The van der Waals surface area contributed by atoms with Crippen LogP contribution in [0.2, 0.25) is 18.1 Å². The Bertz CT molecular complexity index is 1530. The Balaban J connectivity index is 1.60. The highest BCUT2D eigenvalue weighted by Gasteiger charge is 2.61. The zero-order valence-electron chi connectivity index (χ0n) is 27.0. The lowest BCUT2D eigenvalue weighted by molar-refractivity contribution is -0.384. The Morgan fingerprint density at radius 2 is 1.72 bits per heavy atom. The van der Waals surface area contributed by atoms with Crippen LogP contribution < -0.4 is 4.72 Å². The highest BCUT2D eigenvalue weighted by Crippen LogP contribution is 2.49. The Kier molecular flexibility index (Phi) is 10.5. The van der Waals surface area contributed by atoms with Crippen LogP contribution >= 0.6 is 0 Å². The zero-order valence-corrected chi connectivity index (χ0v) is 28.8. The van der Waals surface area contributed by atoms with Gasteiger partial charge in [-0.05, 0) is 55.7 Å². The van der Waals surface area contributed by atoms with Crippen LogP contribution in [0.5, 0.6) is 0 Å². The number of nitro groups is 1. The van der Waals surface area contributed by atoms with Crippen LogP contribution in [0.3, 0.4) is 0 Å². The number of nitrogens with one attached hydrogen (secondary N) is 1. The van der Waals surface area contributed by atoms with Crippen molar-refractivity contribution in [1.82, 2.24) is 14.5 Å². The Hall–Kier alpha value is -3.47. The molecule has 16 heteroatoms. The second kappa shape index (κ2) is 13.7. The van der Waals surface area contributed by atoms with Crippen LogP contribution in [0, 0.1) is 27.9 Å². The standard InChI is InChI=1S/C30H42N4O10SSi/c1-7-46(8-2,9-3)44-19(5)24-25-18(4)23(17-32-15-14-21(16-32)27(35)31-45(6,41)42)26(33(25)28(24)36)30(38)43-29(37)20-10-12-22(13-11-20)34(39)40/h10-13,18-19,21,24-25H,7-9,14-17H2,1-6H3,(H,31,35)/t18-,19+,21-,24+,25+/m0/s1. The third-order valence-corrected chi connectivity index (χ3v) is 15.0. The van der Waals surface area contributed by atoms with Crippen LogP contribution in [0.4, 0.5) is 5.69 Å². The van der Waals surface area contributed by atoms with Gasteiger partial charge in [-0.15, -0.1) is 0 Å². The molecule has 3 aliphatic rings. The number of amides is 2. The van der Waals surface area contributed by atoms with E-state index in [0.29, 0.717) is 18.5 Å². The smallest absolute Gasteiger partial charge is 0.362 e. The van der Waals surface area contributed by atoms with E-state index in [4.69, 9.17) is 9.16 Å². The predicted molar refractivity (Wildman–Crippen MR) is 169 cm³/mol. The number of carbonyl (C=O) groups excluding carboxylic acids is 4. The summed E-state index contributed by atoms with van der Waals surface area (Å²) in [5, 5.41) is 11.0. The SMILES string of the molecule is CC[Si](CC)(CC)O[C@H](C)[C@H]1C(=O)N2C(C(=O)OC(=O)c3ccc([N+](=O)[O-])cc3)=C(CN3CC[C@H](C(=O)NS(C)(=O)=O)C3)[C@H](C)[C@H]12. The van der Waals surface area contributed by atoms with Crippen molar-refractivity contribution in [2.45, 2.75) is 71.3 Å². The van der Waals surface area contributed by atoms with Gasteiger partial charge in [0.2, 0.25) is 21.8 Å². The largest absolute Gasteiger partial charge is 0.413 e. The molecule has 0 spiro atoms. The van der Waals surface area contributed by atoms with Crippen molar-refractivity contribution in [2.75, 3.05) is 25.9 Å². The second-order valence-electron chi connectivity index (χ2n) is 12.4. The number of benzene rings is 1. The Morgan fingerprint density at radius 1 is 1.11 bits per heavy atom. The van der Waals surface area contributed by atoms with Gasteiger partial charge < -0.3 is 14.1 Å². The number of likely N-dealkylation sites (tertiary alicyclic amines) is 1. The van der Waals surface area contributed by atoms with Gasteiger partial charge in [0.05, 0.1) is 40.7 Å². The lowest BCUT2D eigenvalue weighted by Crippen LogP contribution is -2.65. The van der Waals surface area contributed by atoms with Crippen molar-refractivity contribution < 1.29 is 41.7 Å². The number of nitro benzene ring substituents is 1. The van der Waals surface area contributed by atoms with Gasteiger partial charge in [-0.2, -0.15) is 0 Å². The molecule has 2 amide bonds. The van der Waals surface area contributed by atoms with Crippen molar-refractivity contribution in [3.8, 4) is 0 Å². The fourth-order valence-corrected chi connectivity index (χ4v) is 10.4. The summed E-state index contributed by atoms with van der Waals surface area (Å²) in [6, 6.07) is 6.94. The number of fused-ring (bicyclic) bond motifs is 1. The number of carbonyl (C=O) groups is 4. The monoisotopic (exact) mass is 678 g/mol. The van der Waals surface area contributed by atoms with E-state index in [2.05, 4.69) is 20.8 Å². The molecule has 3 heterocycles. The molecule has 2 saturated heterocycles. The predicted octanol–water partition coefficient (Wildman–Crippen LogP) is 2.82. The molecule has 252 valence electrons. The highest BCUT2D eigenvalue weighted by atomic mass is 32.2. The van der Waals surface area contributed by atoms with Crippen LogP contribution in [0.15, 0.2) is 35.5 Å². The first kappa shape index (κ1) is 35.4. The number of β-lactam (4-membered cyclic amide) rings is 1. The lowest BCUT2D eigenvalue weighted by atomic mass is 9.77. The molecule has 0 aliphatic carbocycles. The summed E-state index contributed by atoms with van der Waals surface area (Å²) >= 11 is 0. The molecular formula is C30H42N4O10SSi. The average molecular weight is 679 g/mol. The number of sulfonamides is 1. The summed E-state index contributed by atoms with van der Waals surface area (Å²) in [5.74, 6) is -4.34. The number of hydrogen-bond donors (Lipinski definition) is 1. The van der Waals surface area contributed by atoms with Gasteiger partial charge in [-0.1, -0.05) is 27.7 Å². The first-order valence-corrected chi connectivity index (χ1v) is 20.0. The average Bonchev–Trinajstić information content (AvgIpc) is 3.56. The quantitative estimate of drug-likeness (QED) is 0.0809. The van der Waals surface area contributed by atoms with E-state index in [0.717, 1.165) is 36.5 Å². The Morgan fingerprint density at radius 3 is 2.26 bits per heavy atom. The van der Waals surface area contributed by atoms with Crippen LogP contribution in [-0.2, 0) is 33.6 Å². The second-order valence-corrected chi connectivity index (χ2v) is 18.9. The topological polar surface area (TPSA) is 183 Å². The van der Waals surface area contributed by atoms with Crippen molar-refractivity contribution in [3.05, 3.63) is 51.2 Å². The first-order valence-electron chi connectivity index (χ1n) is 15.5. The summed E-state index contributed by atoms with van der Waals surface area (Å²) in [4.78, 5) is 66.6. The number of esters is 2. The van der Waals surface area contributed by atoms with E-state index < -0.39 is 65.1 Å². The van der Waals surface area contributed by atoms with Gasteiger partial charge in [-0.25, -0.2) is 18.0 Å². The maximum absolute atomic E-state index is 13.8. The van der Waals surface area contributed by atoms with Gasteiger partial charge in [0, 0.05) is 31.1 Å². The van der Waals surface area contributed by atoms with Crippen molar-refractivity contribution >= 4 is 47.8 Å². The van der Waals surface area contributed by atoms with Crippen molar-refractivity contribution in [2.24, 2.45) is 17.8 Å². The van der Waals surface area contributed by atoms with Crippen LogP contribution in [0.1, 0.15) is 51.4 Å². The molecule has 1 aromatic carbocycles. The minimum absolute atomic E-state index is 0.0322. The number of nitrogens with zero attached hydrogens (tertiary/aromatic N) is 3. The molecule has 0 aromatic heterocycles. The van der Waals surface area contributed by atoms with Gasteiger partial charge in [0.25, 0.3) is 5.69 Å². The number of ether oxygens (including phenoxy) is 1. The van der Waals surface area contributed by atoms with E-state index >= 15 is 0 Å². The molecule has 1 aromatic rings. The molecule has 0 bridgehead atoms. The molecule has 2 fully saturated rings. The van der Waals surface area contributed by atoms with E-state index in [-0.39, 0.29) is 41.9 Å². The van der Waals surface area contributed by atoms with Gasteiger partial charge >= 0.3 is 11.9 Å². The molecule has 5 atom stereocenters. The van der Waals surface area contributed by atoms with Crippen molar-refractivity contribution in [3.63, 3.8) is 0 Å². The molecule has 14 nitrogen and oxygen atoms in total. The lowest BCUT2D eigenvalue weighted by Gasteiger charge is -2.49. The molecule has 4 rings (SSSR count). The van der Waals surface area contributed by atoms with Gasteiger partial charge in [0.15, 0.2) is 8.32 Å². The normalized spacial score (nSPS) is 24.0. The molecule has 0 unspecified atom stereocenters. The van der Waals surface area contributed by atoms with Crippen LogP contribution in [-0.4, -0.2) is 93.2 Å². The number of non-ortho nitro benzene ring substituents is 1. The maximum atomic E-state index is 13.8. The summed E-state index contributed by atoms with van der Waals surface area (Å²) in [6.07, 6.45) is 0.921. The van der Waals surface area contributed by atoms with E-state index in [1.54, 1.807) is 0 Å². The molecule has 46 heavy (non-hydrogen) atoms. The van der Waals surface area contributed by atoms with Gasteiger partial charge in [0.1, 0.15) is 5.70 Å². The molecule has 0 radical (unpaired) electrons. The summed E-state index contributed by atoms with van der Waals surface area (Å²) in [5.41, 5.74) is 0.237. The van der Waals surface area contributed by atoms with E-state index in [1.807, 2.05) is 23.5 Å². The number of hydrogen-bond acceptors (Lipinski definition) is 11. The first-order chi connectivity index (χ1) is 21.6. The third kappa shape index (κ3) is 7.09. The number of rotatable bonds is 13. The fraction of sp³-hybridized carbons (Fsp3) is 0.600. The summed E-state index contributed by atoms with van der Waals surface area (Å²) in [6.45, 7) is 11.0. The van der Waals surface area contributed by atoms with E-state index in [1.165, 1.54) is 17.0 Å². The van der Waals surface area contributed by atoms with Crippen molar-refractivity contribution in [1.29, 1.82) is 0 Å². The summed E-state index contributed by atoms with van der Waals surface area (Å²) < 4.78 is 37.1. The fourth-order valence-electron chi connectivity index (χ4n) is 6.90. The molecular weight excluding hydrogens is 637 g/mol. The molecule has 1 N–H and O–H groups in total. The molecule has 3 aliphatic heterocycles. The zero-order chi connectivity index (χ0) is 34.1. The third-order valence-electron chi connectivity index (χ3n) is 9.69. The van der Waals surface area contributed by atoms with Gasteiger partial charge in [-0.3, -0.25) is 29.3 Å². The minimum Gasteiger partial charge on any atom is -0.413 e. The highest BCUT2D eigenvalue weighted by molar-refractivity contribution is 7.89. The maximum Gasteiger partial charge on any atom is 0.362 e. The molecule has 0 saturated carbocycles. The Labute approximate surface area is 269 Å². The van der Waals surface area contributed by atoms with E-state index in [9.17, 15) is 37.7 Å². The summed E-state index contributed by atoms with van der Waals surface area (Å²) in [7, 11) is -5.79.